The Morgan fingerprint density at radius 1 is 0.775 bits per heavy atom. The summed E-state index contributed by atoms with van der Waals surface area (Å²) in [5.74, 6) is -0.335. The number of ether oxygens (including phenoxy) is 4. The normalized spacial score (nSPS) is 24.0. The molecule has 236 valence electrons. The van der Waals surface area contributed by atoms with Gasteiger partial charge < -0.3 is 39.4 Å². The van der Waals surface area contributed by atoms with Gasteiger partial charge in [-0.05, 0) is 38.5 Å². The summed E-state index contributed by atoms with van der Waals surface area (Å²) in [4.78, 5) is 12.4. The molecule has 1 aliphatic rings. The molecule has 0 aliphatic carbocycles. The lowest BCUT2D eigenvalue weighted by molar-refractivity contribution is -0.305. The predicted molar refractivity (Wildman–Crippen MR) is 155 cm³/mol. The zero-order valence-corrected chi connectivity index (χ0v) is 25.1. The van der Waals surface area contributed by atoms with Crippen molar-refractivity contribution >= 4 is 5.97 Å². The van der Waals surface area contributed by atoms with Crippen molar-refractivity contribution in [3.8, 4) is 0 Å². The van der Waals surface area contributed by atoms with Gasteiger partial charge in [0.05, 0.1) is 19.8 Å². The van der Waals surface area contributed by atoms with Crippen LogP contribution in [0.4, 0.5) is 0 Å². The fraction of sp³-hybridized carbons (Fsp3) is 0.903. The Morgan fingerprint density at radius 3 is 2.05 bits per heavy atom. The van der Waals surface area contributed by atoms with E-state index in [-0.39, 0.29) is 19.2 Å². The zero-order valence-electron chi connectivity index (χ0n) is 25.1. The van der Waals surface area contributed by atoms with E-state index in [2.05, 4.69) is 26.0 Å². The zero-order chi connectivity index (χ0) is 29.4. The minimum Gasteiger partial charge on any atom is -0.457 e. The molecule has 4 N–H and O–H groups in total. The largest absolute Gasteiger partial charge is 0.457 e. The minimum atomic E-state index is -1.53. The van der Waals surface area contributed by atoms with Crippen LogP contribution in [0.2, 0.25) is 0 Å². The summed E-state index contributed by atoms with van der Waals surface area (Å²) < 4.78 is 22.4. The highest BCUT2D eigenvalue weighted by Crippen LogP contribution is 2.22. The van der Waals surface area contributed by atoms with E-state index < -0.39 is 43.4 Å². The van der Waals surface area contributed by atoms with Gasteiger partial charge in [0.15, 0.2) is 6.29 Å². The smallest absolute Gasteiger partial charge is 0.306 e. The number of hydrogen-bond acceptors (Lipinski definition) is 9. The van der Waals surface area contributed by atoms with Gasteiger partial charge in [-0.25, -0.2) is 0 Å². The Hall–Kier alpha value is -1.07. The van der Waals surface area contributed by atoms with Crippen LogP contribution in [0.1, 0.15) is 117 Å². The molecule has 1 fully saturated rings. The number of carbonyl (C=O) groups excluding carboxylic acids is 1. The second-order valence-electron chi connectivity index (χ2n) is 10.9. The van der Waals surface area contributed by atoms with Gasteiger partial charge in [0.1, 0.15) is 30.5 Å². The Bertz CT molecular complexity index is 628. The number of carbonyl (C=O) groups is 1. The molecule has 0 aromatic heterocycles. The van der Waals surface area contributed by atoms with Crippen LogP contribution >= 0.6 is 0 Å². The average molecular weight is 575 g/mol. The van der Waals surface area contributed by atoms with E-state index in [1.165, 1.54) is 57.8 Å². The molecule has 9 heteroatoms. The maximum absolute atomic E-state index is 12.4. The van der Waals surface area contributed by atoms with Crippen LogP contribution in [-0.2, 0) is 23.7 Å². The van der Waals surface area contributed by atoms with Gasteiger partial charge >= 0.3 is 5.97 Å². The summed E-state index contributed by atoms with van der Waals surface area (Å²) in [6.45, 7) is 4.37. The van der Waals surface area contributed by atoms with E-state index in [0.29, 0.717) is 13.0 Å². The van der Waals surface area contributed by atoms with E-state index in [4.69, 9.17) is 18.9 Å². The lowest BCUT2D eigenvalue weighted by Gasteiger charge is -2.39. The summed E-state index contributed by atoms with van der Waals surface area (Å²) in [6.07, 6.45) is 14.4. The summed E-state index contributed by atoms with van der Waals surface area (Å²) in [5, 5.41) is 39.5. The number of rotatable bonds is 25. The van der Waals surface area contributed by atoms with Crippen molar-refractivity contribution in [2.24, 2.45) is 0 Å². The van der Waals surface area contributed by atoms with Crippen LogP contribution in [0, 0.1) is 0 Å². The standard InChI is InChI=1S/C31H58O9/c1-3-5-7-9-10-11-12-13-14-15-16-17-19-21-37-23-25(39-27(33)20-18-8-6-4-2)24-38-31-30(36)29(35)28(34)26(22-32)40-31/h10-11,25-26,28-32,34-36H,3-9,12-24H2,1-2H3/b11-10-. The molecule has 0 saturated carbocycles. The van der Waals surface area contributed by atoms with E-state index in [0.717, 1.165) is 38.5 Å². The number of hydrogen-bond donors (Lipinski definition) is 4. The lowest BCUT2D eigenvalue weighted by Crippen LogP contribution is -2.59. The molecule has 0 amide bonds. The minimum absolute atomic E-state index is 0.115. The van der Waals surface area contributed by atoms with Crippen molar-refractivity contribution in [2.45, 2.75) is 153 Å². The molecule has 0 bridgehead atoms. The molecule has 1 heterocycles. The van der Waals surface area contributed by atoms with Crippen molar-refractivity contribution in [1.82, 2.24) is 0 Å². The first-order valence-corrected chi connectivity index (χ1v) is 15.8. The molecule has 1 rings (SSSR count). The SMILES string of the molecule is CCCCC/C=C\CCCCCCCCOCC(COC1OC(CO)C(O)C(O)C1O)OC(=O)CCCCCC. The molecular weight excluding hydrogens is 516 g/mol. The lowest BCUT2D eigenvalue weighted by atomic mass is 9.99. The Kier molecular flexibility index (Phi) is 22.7. The van der Waals surface area contributed by atoms with E-state index in [1.807, 2.05) is 0 Å². The third kappa shape index (κ3) is 17.0. The van der Waals surface area contributed by atoms with E-state index in [1.54, 1.807) is 0 Å². The molecule has 0 aromatic rings. The van der Waals surface area contributed by atoms with Gasteiger partial charge in [-0.3, -0.25) is 4.79 Å². The second-order valence-corrected chi connectivity index (χ2v) is 10.9. The van der Waals surface area contributed by atoms with Crippen LogP contribution in [0.5, 0.6) is 0 Å². The molecule has 6 atom stereocenters. The van der Waals surface area contributed by atoms with Gasteiger partial charge in [0.2, 0.25) is 0 Å². The van der Waals surface area contributed by atoms with Crippen molar-refractivity contribution in [1.29, 1.82) is 0 Å². The highest BCUT2D eigenvalue weighted by molar-refractivity contribution is 5.69. The quantitative estimate of drug-likeness (QED) is 0.0702. The molecular formula is C31H58O9. The summed E-state index contributed by atoms with van der Waals surface area (Å²) >= 11 is 0. The summed E-state index contributed by atoms with van der Waals surface area (Å²) in [5.41, 5.74) is 0. The van der Waals surface area contributed by atoms with Crippen molar-refractivity contribution in [3.63, 3.8) is 0 Å². The first kappa shape index (κ1) is 37.0. The van der Waals surface area contributed by atoms with Crippen LogP contribution < -0.4 is 0 Å². The maximum atomic E-state index is 12.4. The summed E-state index contributed by atoms with van der Waals surface area (Å²) in [7, 11) is 0. The average Bonchev–Trinajstić information content (AvgIpc) is 2.95. The first-order valence-electron chi connectivity index (χ1n) is 15.8. The van der Waals surface area contributed by atoms with Gasteiger partial charge in [0, 0.05) is 13.0 Å². The number of esters is 1. The Morgan fingerprint density at radius 2 is 1.38 bits per heavy atom. The highest BCUT2D eigenvalue weighted by Gasteiger charge is 2.44. The first-order chi connectivity index (χ1) is 19.4. The fourth-order valence-corrected chi connectivity index (χ4v) is 4.60. The van der Waals surface area contributed by atoms with E-state index >= 15 is 0 Å². The number of aliphatic hydroxyl groups excluding tert-OH is 4. The van der Waals surface area contributed by atoms with Gasteiger partial charge in [-0.15, -0.1) is 0 Å². The molecule has 40 heavy (non-hydrogen) atoms. The van der Waals surface area contributed by atoms with Crippen LogP contribution in [0.3, 0.4) is 0 Å². The van der Waals surface area contributed by atoms with Gasteiger partial charge in [-0.1, -0.05) is 83.8 Å². The van der Waals surface area contributed by atoms with Crippen LogP contribution in [-0.4, -0.2) is 89.6 Å². The van der Waals surface area contributed by atoms with Crippen molar-refractivity contribution in [3.05, 3.63) is 12.2 Å². The number of aliphatic hydroxyl groups is 4. The molecule has 1 aliphatic heterocycles. The topological polar surface area (TPSA) is 135 Å². The molecule has 9 nitrogen and oxygen atoms in total. The molecule has 6 unspecified atom stereocenters. The van der Waals surface area contributed by atoms with Crippen LogP contribution in [0.15, 0.2) is 12.2 Å². The van der Waals surface area contributed by atoms with Crippen LogP contribution in [0.25, 0.3) is 0 Å². The third-order valence-electron chi connectivity index (χ3n) is 7.18. The molecule has 0 radical (unpaired) electrons. The Balaban J connectivity index is 2.32. The van der Waals surface area contributed by atoms with Crippen molar-refractivity contribution in [2.75, 3.05) is 26.4 Å². The number of unbranched alkanes of at least 4 members (excludes halogenated alkanes) is 12. The molecule has 1 saturated heterocycles. The maximum Gasteiger partial charge on any atom is 0.306 e. The second kappa shape index (κ2) is 24.5. The molecule has 0 spiro atoms. The predicted octanol–water partition coefficient (Wildman–Crippen LogP) is 4.57. The van der Waals surface area contributed by atoms with Gasteiger partial charge in [-0.2, -0.15) is 0 Å². The van der Waals surface area contributed by atoms with Crippen molar-refractivity contribution < 1.29 is 44.2 Å². The number of allylic oxidation sites excluding steroid dienone is 2. The monoisotopic (exact) mass is 574 g/mol. The fourth-order valence-electron chi connectivity index (χ4n) is 4.60. The third-order valence-corrected chi connectivity index (χ3v) is 7.18. The highest BCUT2D eigenvalue weighted by atomic mass is 16.7. The summed E-state index contributed by atoms with van der Waals surface area (Å²) in [6, 6.07) is 0. The Labute approximate surface area is 242 Å². The van der Waals surface area contributed by atoms with E-state index in [9.17, 15) is 25.2 Å². The van der Waals surface area contributed by atoms with Gasteiger partial charge in [0.25, 0.3) is 0 Å². The molecule has 0 aromatic carbocycles.